The average molecular weight is 306 g/mol. The molecule has 0 aliphatic rings. The van der Waals surface area contributed by atoms with E-state index < -0.39 is 0 Å². The number of aromatic nitrogens is 1. The fourth-order valence-corrected chi connectivity index (χ4v) is 2.16. The molecule has 18 heavy (non-hydrogen) atoms. The molecule has 1 atom stereocenters. The molecular formula is C14H12BrNO2. The van der Waals surface area contributed by atoms with Crippen molar-refractivity contribution in [2.45, 2.75) is 4.83 Å². The van der Waals surface area contributed by atoms with Crippen LogP contribution in [0.2, 0.25) is 0 Å². The largest absolute Gasteiger partial charge is 0.497 e. The fourth-order valence-electron chi connectivity index (χ4n) is 1.59. The van der Waals surface area contributed by atoms with Crippen LogP contribution in [0.5, 0.6) is 5.75 Å². The maximum Gasteiger partial charge on any atom is 0.181 e. The Kier molecular flexibility index (Phi) is 4.10. The monoisotopic (exact) mass is 305 g/mol. The first kappa shape index (κ1) is 12.8. The van der Waals surface area contributed by atoms with Crippen molar-refractivity contribution in [3.8, 4) is 5.75 Å². The minimum absolute atomic E-state index is 0.0163. The molecule has 0 aliphatic heterocycles. The van der Waals surface area contributed by atoms with E-state index in [4.69, 9.17) is 4.74 Å². The third kappa shape index (κ3) is 2.76. The van der Waals surface area contributed by atoms with Gasteiger partial charge in [-0.1, -0.05) is 28.1 Å². The molecule has 1 aromatic carbocycles. The van der Waals surface area contributed by atoms with Gasteiger partial charge in [0.2, 0.25) is 0 Å². The minimum Gasteiger partial charge on any atom is -0.497 e. The first-order valence-corrected chi connectivity index (χ1v) is 6.36. The number of Topliss-reactive ketones (excluding diaryl/α,β-unsaturated/α-hetero) is 1. The number of rotatable bonds is 4. The Hall–Kier alpha value is -1.68. The topological polar surface area (TPSA) is 39.2 Å². The zero-order chi connectivity index (χ0) is 13.0. The van der Waals surface area contributed by atoms with Crippen molar-refractivity contribution in [2.75, 3.05) is 7.11 Å². The fraction of sp³-hybridized carbons (Fsp3) is 0.143. The van der Waals surface area contributed by atoms with Crippen LogP contribution in [0.1, 0.15) is 20.7 Å². The van der Waals surface area contributed by atoms with Crippen molar-refractivity contribution in [1.82, 2.24) is 4.98 Å². The second kappa shape index (κ2) is 5.78. The van der Waals surface area contributed by atoms with Gasteiger partial charge in [0.1, 0.15) is 10.6 Å². The molecule has 1 aromatic heterocycles. The lowest BCUT2D eigenvalue weighted by Gasteiger charge is -2.09. The van der Waals surface area contributed by atoms with Crippen LogP contribution >= 0.6 is 15.9 Å². The van der Waals surface area contributed by atoms with Crippen molar-refractivity contribution in [2.24, 2.45) is 0 Å². The zero-order valence-electron chi connectivity index (χ0n) is 9.84. The molecule has 0 N–H and O–H groups in total. The van der Waals surface area contributed by atoms with Gasteiger partial charge in [-0.3, -0.25) is 9.78 Å². The lowest BCUT2D eigenvalue weighted by Crippen LogP contribution is -2.07. The van der Waals surface area contributed by atoms with Crippen molar-refractivity contribution >= 4 is 21.7 Å². The van der Waals surface area contributed by atoms with Gasteiger partial charge in [0.25, 0.3) is 0 Å². The number of ether oxygens (including phenoxy) is 1. The lowest BCUT2D eigenvalue weighted by atomic mass is 10.0. The second-order valence-electron chi connectivity index (χ2n) is 3.74. The van der Waals surface area contributed by atoms with Gasteiger partial charge in [0.05, 0.1) is 7.11 Å². The van der Waals surface area contributed by atoms with Gasteiger partial charge in [-0.05, 0) is 29.8 Å². The van der Waals surface area contributed by atoms with E-state index in [1.54, 1.807) is 31.6 Å². The summed E-state index contributed by atoms with van der Waals surface area (Å²) in [5.41, 5.74) is 1.54. The molecule has 2 aromatic rings. The molecule has 2 rings (SSSR count). The van der Waals surface area contributed by atoms with Crippen LogP contribution in [-0.4, -0.2) is 17.9 Å². The van der Waals surface area contributed by atoms with Gasteiger partial charge in [0.15, 0.2) is 5.78 Å². The number of alkyl halides is 1. The summed E-state index contributed by atoms with van der Waals surface area (Å²) in [4.78, 5) is 15.7. The Balaban J connectivity index is 2.20. The van der Waals surface area contributed by atoms with Crippen LogP contribution in [0.3, 0.4) is 0 Å². The summed E-state index contributed by atoms with van der Waals surface area (Å²) < 4.78 is 5.09. The minimum atomic E-state index is -0.356. The summed E-state index contributed by atoms with van der Waals surface area (Å²) in [5.74, 6) is 0.789. The molecule has 1 unspecified atom stereocenters. The molecule has 0 aliphatic carbocycles. The van der Waals surface area contributed by atoms with Crippen molar-refractivity contribution < 1.29 is 9.53 Å². The number of nitrogens with zero attached hydrogens (tertiary/aromatic N) is 1. The highest BCUT2D eigenvalue weighted by molar-refractivity contribution is 9.09. The van der Waals surface area contributed by atoms with E-state index in [-0.39, 0.29) is 10.6 Å². The Labute approximate surface area is 114 Å². The van der Waals surface area contributed by atoms with Crippen LogP contribution < -0.4 is 4.74 Å². The molecule has 0 saturated heterocycles. The summed E-state index contributed by atoms with van der Waals surface area (Å²) in [7, 11) is 1.61. The number of carbonyl (C=O) groups excluding carboxylic acids is 1. The first-order chi connectivity index (χ1) is 8.72. The summed E-state index contributed by atoms with van der Waals surface area (Å²) in [6.07, 6.45) is 3.22. The quantitative estimate of drug-likeness (QED) is 0.642. The molecule has 1 heterocycles. The van der Waals surface area contributed by atoms with Crippen molar-refractivity contribution in [1.29, 1.82) is 0 Å². The number of methoxy groups -OCH3 is 1. The van der Waals surface area contributed by atoms with Gasteiger partial charge in [-0.25, -0.2) is 0 Å². The zero-order valence-corrected chi connectivity index (χ0v) is 11.4. The maximum absolute atomic E-state index is 12.2. The molecule has 4 heteroatoms. The Morgan fingerprint density at radius 3 is 2.33 bits per heavy atom. The Bertz CT molecular complexity index is 525. The first-order valence-electron chi connectivity index (χ1n) is 5.44. The molecule has 3 nitrogen and oxygen atoms in total. The van der Waals surface area contributed by atoms with E-state index in [0.717, 1.165) is 11.3 Å². The van der Waals surface area contributed by atoms with Gasteiger partial charge in [-0.15, -0.1) is 0 Å². The van der Waals surface area contributed by atoms with Crippen LogP contribution in [0, 0.1) is 0 Å². The number of carbonyl (C=O) groups is 1. The van der Waals surface area contributed by atoms with E-state index in [1.165, 1.54) is 0 Å². The molecule has 0 bridgehead atoms. The summed E-state index contributed by atoms with van der Waals surface area (Å²) in [6, 6.07) is 10.8. The Morgan fingerprint density at radius 2 is 1.78 bits per heavy atom. The van der Waals surface area contributed by atoms with Gasteiger partial charge < -0.3 is 4.74 Å². The average Bonchev–Trinajstić information content (AvgIpc) is 2.47. The standard InChI is InChI=1S/C14H12BrNO2/c1-18-12-4-2-10(3-5-12)13(15)14(17)11-6-8-16-9-7-11/h2-9,13H,1H3. The molecule has 0 radical (unpaired) electrons. The maximum atomic E-state index is 12.2. The predicted molar refractivity (Wildman–Crippen MR) is 73.2 cm³/mol. The van der Waals surface area contributed by atoms with Crippen LogP contribution in [-0.2, 0) is 0 Å². The molecule has 0 fully saturated rings. The SMILES string of the molecule is COc1ccc(C(Br)C(=O)c2ccncc2)cc1. The van der Waals surface area contributed by atoms with E-state index in [0.29, 0.717) is 5.56 Å². The van der Waals surface area contributed by atoms with E-state index in [1.807, 2.05) is 24.3 Å². The lowest BCUT2D eigenvalue weighted by molar-refractivity contribution is 0.0991. The number of benzene rings is 1. The van der Waals surface area contributed by atoms with Gasteiger partial charge in [-0.2, -0.15) is 0 Å². The summed E-state index contributed by atoms with van der Waals surface area (Å²) in [5, 5.41) is 0. The molecule has 0 saturated carbocycles. The van der Waals surface area contributed by atoms with Crippen LogP contribution in [0.15, 0.2) is 48.8 Å². The van der Waals surface area contributed by atoms with Gasteiger partial charge in [0, 0.05) is 18.0 Å². The number of pyridine rings is 1. The second-order valence-corrected chi connectivity index (χ2v) is 4.65. The van der Waals surface area contributed by atoms with Gasteiger partial charge >= 0.3 is 0 Å². The summed E-state index contributed by atoms with van der Waals surface area (Å²) in [6.45, 7) is 0. The van der Waals surface area contributed by atoms with E-state index in [9.17, 15) is 4.79 Å². The predicted octanol–water partition coefficient (Wildman–Crippen LogP) is 3.41. The normalized spacial score (nSPS) is 11.9. The van der Waals surface area contributed by atoms with Crippen LogP contribution in [0.4, 0.5) is 0 Å². The molecule has 0 spiro atoms. The number of hydrogen-bond acceptors (Lipinski definition) is 3. The highest BCUT2D eigenvalue weighted by Crippen LogP contribution is 2.28. The smallest absolute Gasteiger partial charge is 0.181 e. The third-order valence-corrected chi connectivity index (χ3v) is 3.55. The third-order valence-electron chi connectivity index (χ3n) is 2.60. The molecular weight excluding hydrogens is 294 g/mol. The van der Waals surface area contributed by atoms with Crippen LogP contribution in [0.25, 0.3) is 0 Å². The highest BCUT2D eigenvalue weighted by Gasteiger charge is 2.18. The highest BCUT2D eigenvalue weighted by atomic mass is 79.9. The van der Waals surface area contributed by atoms with Crippen molar-refractivity contribution in [3.63, 3.8) is 0 Å². The van der Waals surface area contributed by atoms with E-state index in [2.05, 4.69) is 20.9 Å². The van der Waals surface area contributed by atoms with Crippen molar-refractivity contribution in [3.05, 3.63) is 59.9 Å². The number of halogens is 1. The van der Waals surface area contributed by atoms with E-state index >= 15 is 0 Å². The number of ketones is 1. The number of hydrogen-bond donors (Lipinski definition) is 0. The Morgan fingerprint density at radius 1 is 1.17 bits per heavy atom. The molecule has 92 valence electrons. The molecule has 0 amide bonds. The summed E-state index contributed by atoms with van der Waals surface area (Å²) >= 11 is 3.42.